The Morgan fingerprint density at radius 1 is 1.44 bits per heavy atom. The second-order valence-corrected chi connectivity index (χ2v) is 5.39. The highest BCUT2D eigenvalue weighted by molar-refractivity contribution is 5.88. The lowest BCUT2D eigenvalue weighted by molar-refractivity contribution is -0.144. The van der Waals surface area contributed by atoms with E-state index in [-0.39, 0.29) is 11.8 Å². The van der Waals surface area contributed by atoms with Gasteiger partial charge in [0.15, 0.2) is 0 Å². The molecule has 0 aromatic carbocycles. The van der Waals surface area contributed by atoms with Gasteiger partial charge in [-0.25, -0.2) is 4.79 Å². The van der Waals surface area contributed by atoms with Crippen molar-refractivity contribution < 1.29 is 14.7 Å². The summed E-state index contributed by atoms with van der Waals surface area (Å²) >= 11 is 0. The molecule has 1 amide bonds. The van der Waals surface area contributed by atoms with Crippen LogP contribution in [0.4, 0.5) is 0 Å². The van der Waals surface area contributed by atoms with E-state index in [1.54, 1.807) is 0 Å². The van der Waals surface area contributed by atoms with E-state index >= 15 is 0 Å². The Labute approximate surface area is 108 Å². The predicted molar refractivity (Wildman–Crippen MR) is 69.2 cm³/mol. The van der Waals surface area contributed by atoms with E-state index in [9.17, 15) is 9.59 Å². The van der Waals surface area contributed by atoms with Crippen molar-refractivity contribution in [1.82, 2.24) is 10.6 Å². The first-order valence-corrected chi connectivity index (χ1v) is 6.68. The van der Waals surface area contributed by atoms with Crippen LogP contribution in [0.5, 0.6) is 0 Å². The maximum Gasteiger partial charge on any atom is 0.326 e. The maximum atomic E-state index is 12.4. The molecule has 0 aromatic heterocycles. The molecule has 0 saturated carbocycles. The molecule has 1 aliphatic heterocycles. The van der Waals surface area contributed by atoms with Crippen molar-refractivity contribution in [3.63, 3.8) is 0 Å². The molecule has 0 bridgehead atoms. The second-order valence-electron chi connectivity index (χ2n) is 5.39. The number of carbonyl (C=O) groups is 2. The molecular weight excluding hydrogens is 232 g/mol. The third-order valence-electron chi connectivity index (χ3n) is 3.93. The molecule has 1 aliphatic rings. The lowest BCUT2D eigenvalue weighted by Crippen LogP contribution is -2.51. The Kier molecular flexibility index (Phi) is 5.14. The van der Waals surface area contributed by atoms with Gasteiger partial charge in [0, 0.05) is 6.54 Å². The fourth-order valence-corrected chi connectivity index (χ4v) is 2.51. The highest BCUT2D eigenvalue weighted by Crippen LogP contribution is 2.34. The molecule has 18 heavy (non-hydrogen) atoms. The molecule has 1 heterocycles. The summed E-state index contributed by atoms with van der Waals surface area (Å²) in [6.07, 6.45) is 1.99. The normalized spacial score (nSPS) is 25.1. The zero-order valence-electron chi connectivity index (χ0n) is 11.5. The molecule has 1 fully saturated rings. The summed E-state index contributed by atoms with van der Waals surface area (Å²) in [6, 6.07) is -0.765. The van der Waals surface area contributed by atoms with Gasteiger partial charge in [-0.05, 0) is 25.3 Å². The van der Waals surface area contributed by atoms with E-state index in [4.69, 9.17) is 5.11 Å². The Morgan fingerprint density at radius 3 is 2.50 bits per heavy atom. The largest absolute Gasteiger partial charge is 0.480 e. The standard InChI is InChI=1S/C13H24N2O3/c1-4-5-10(11(16)17)15-12(18)13(9(2)3)6-7-14-8-13/h9-10,14H,4-8H2,1-3H3,(H,15,18)(H,16,17)/t10-,13?/m0/s1. The molecule has 3 N–H and O–H groups in total. The first kappa shape index (κ1) is 15.0. The Hall–Kier alpha value is -1.10. The summed E-state index contributed by atoms with van der Waals surface area (Å²) in [6.45, 7) is 7.40. The van der Waals surface area contributed by atoms with Crippen LogP contribution in [0.25, 0.3) is 0 Å². The molecule has 2 atom stereocenters. The van der Waals surface area contributed by atoms with Gasteiger partial charge in [0.05, 0.1) is 5.41 Å². The fraction of sp³-hybridized carbons (Fsp3) is 0.846. The summed E-state index contributed by atoms with van der Waals surface area (Å²) in [5.41, 5.74) is -0.457. The van der Waals surface area contributed by atoms with Gasteiger partial charge in [-0.2, -0.15) is 0 Å². The Morgan fingerprint density at radius 2 is 2.11 bits per heavy atom. The van der Waals surface area contributed by atoms with Gasteiger partial charge >= 0.3 is 5.97 Å². The second kappa shape index (κ2) is 6.18. The topological polar surface area (TPSA) is 78.4 Å². The predicted octanol–water partition coefficient (Wildman–Crippen LogP) is 0.992. The van der Waals surface area contributed by atoms with E-state index in [2.05, 4.69) is 10.6 Å². The van der Waals surface area contributed by atoms with Crippen LogP contribution < -0.4 is 10.6 Å². The minimum Gasteiger partial charge on any atom is -0.480 e. The SMILES string of the molecule is CCC[C@H](NC(=O)C1(C(C)C)CCNC1)C(=O)O. The van der Waals surface area contributed by atoms with Gasteiger partial charge in [-0.1, -0.05) is 27.2 Å². The van der Waals surface area contributed by atoms with Crippen LogP contribution in [0.3, 0.4) is 0 Å². The van der Waals surface area contributed by atoms with Crippen molar-refractivity contribution in [3.8, 4) is 0 Å². The number of aliphatic carboxylic acids is 1. The van der Waals surface area contributed by atoms with Gasteiger partial charge in [0.25, 0.3) is 0 Å². The van der Waals surface area contributed by atoms with Crippen LogP contribution in [-0.4, -0.2) is 36.1 Å². The molecule has 1 unspecified atom stereocenters. The molecule has 0 aliphatic carbocycles. The first-order chi connectivity index (χ1) is 8.44. The number of carbonyl (C=O) groups excluding carboxylic acids is 1. The van der Waals surface area contributed by atoms with Crippen molar-refractivity contribution >= 4 is 11.9 Å². The molecule has 5 nitrogen and oxygen atoms in total. The summed E-state index contributed by atoms with van der Waals surface area (Å²) in [5, 5.41) is 15.0. The number of carboxylic acid groups (broad SMARTS) is 1. The zero-order valence-corrected chi connectivity index (χ0v) is 11.5. The lowest BCUT2D eigenvalue weighted by atomic mass is 9.75. The quantitative estimate of drug-likeness (QED) is 0.662. The summed E-state index contributed by atoms with van der Waals surface area (Å²) in [7, 11) is 0. The number of rotatable bonds is 6. The van der Waals surface area contributed by atoms with Gasteiger partial charge in [-0.3, -0.25) is 4.79 Å². The number of amides is 1. The van der Waals surface area contributed by atoms with Crippen LogP contribution in [0.15, 0.2) is 0 Å². The van der Waals surface area contributed by atoms with Crippen LogP contribution in [-0.2, 0) is 9.59 Å². The maximum absolute atomic E-state index is 12.4. The van der Waals surface area contributed by atoms with Crippen molar-refractivity contribution in [2.45, 2.75) is 46.1 Å². The Bertz CT molecular complexity index is 309. The van der Waals surface area contributed by atoms with E-state index in [0.29, 0.717) is 13.0 Å². The number of hydrogen-bond acceptors (Lipinski definition) is 3. The molecule has 0 aromatic rings. The minimum atomic E-state index is -0.949. The molecule has 1 rings (SSSR count). The summed E-state index contributed by atoms with van der Waals surface area (Å²) in [4.78, 5) is 23.5. The third kappa shape index (κ3) is 3.02. The smallest absolute Gasteiger partial charge is 0.326 e. The van der Waals surface area contributed by atoms with E-state index < -0.39 is 17.4 Å². The van der Waals surface area contributed by atoms with Crippen LogP contribution in [0, 0.1) is 11.3 Å². The monoisotopic (exact) mass is 256 g/mol. The third-order valence-corrected chi connectivity index (χ3v) is 3.93. The van der Waals surface area contributed by atoms with Crippen LogP contribution >= 0.6 is 0 Å². The minimum absolute atomic E-state index is 0.122. The summed E-state index contributed by atoms with van der Waals surface area (Å²) < 4.78 is 0. The molecule has 0 radical (unpaired) electrons. The van der Waals surface area contributed by atoms with Gasteiger partial charge < -0.3 is 15.7 Å². The molecular formula is C13H24N2O3. The highest BCUT2D eigenvalue weighted by atomic mass is 16.4. The average Bonchev–Trinajstić information content (AvgIpc) is 2.78. The van der Waals surface area contributed by atoms with Crippen LogP contribution in [0.2, 0.25) is 0 Å². The lowest BCUT2D eigenvalue weighted by Gasteiger charge is -2.32. The van der Waals surface area contributed by atoms with Crippen molar-refractivity contribution in [2.75, 3.05) is 13.1 Å². The molecule has 5 heteroatoms. The molecule has 1 saturated heterocycles. The fourth-order valence-electron chi connectivity index (χ4n) is 2.51. The van der Waals surface area contributed by atoms with Crippen molar-refractivity contribution in [2.24, 2.45) is 11.3 Å². The van der Waals surface area contributed by atoms with Crippen LogP contribution in [0.1, 0.15) is 40.0 Å². The van der Waals surface area contributed by atoms with Gasteiger partial charge in [0.1, 0.15) is 6.04 Å². The average molecular weight is 256 g/mol. The number of carboxylic acids is 1. The zero-order chi connectivity index (χ0) is 13.8. The van der Waals surface area contributed by atoms with Crippen molar-refractivity contribution in [1.29, 1.82) is 0 Å². The number of hydrogen-bond donors (Lipinski definition) is 3. The first-order valence-electron chi connectivity index (χ1n) is 6.68. The van der Waals surface area contributed by atoms with E-state index in [0.717, 1.165) is 19.4 Å². The van der Waals surface area contributed by atoms with E-state index in [1.807, 2.05) is 20.8 Å². The number of nitrogens with one attached hydrogen (secondary N) is 2. The molecule has 104 valence electrons. The van der Waals surface area contributed by atoms with E-state index in [1.165, 1.54) is 0 Å². The summed E-state index contributed by atoms with van der Waals surface area (Å²) in [5.74, 6) is -0.873. The van der Waals surface area contributed by atoms with Gasteiger partial charge in [0.2, 0.25) is 5.91 Å². The highest BCUT2D eigenvalue weighted by Gasteiger charge is 2.44. The van der Waals surface area contributed by atoms with Gasteiger partial charge in [-0.15, -0.1) is 0 Å². The van der Waals surface area contributed by atoms with Crippen molar-refractivity contribution in [3.05, 3.63) is 0 Å². The Balaban J connectivity index is 2.75. The molecule has 0 spiro atoms.